The monoisotopic (exact) mass is 394 g/mol. The second kappa shape index (κ2) is 6.31. The number of aromatic nitrogens is 1. The average Bonchev–Trinajstić information content (AvgIpc) is 3.32. The molecule has 8 heteroatoms. The molecule has 148 valence electrons. The van der Waals surface area contributed by atoms with Crippen LogP contribution in [-0.4, -0.2) is 41.6 Å². The number of anilines is 1. The van der Waals surface area contributed by atoms with Crippen LogP contribution in [0.2, 0.25) is 0 Å². The Morgan fingerprint density at radius 3 is 2.93 bits per heavy atom. The van der Waals surface area contributed by atoms with E-state index in [9.17, 15) is 19.5 Å². The van der Waals surface area contributed by atoms with Crippen molar-refractivity contribution in [3.63, 3.8) is 0 Å². The number of carbonyl (C=O) groups excluding carboxylic acids is 1. The fraction of sp³-hybridized carbons (Fsp3) is 0.286. The molecule has 1 saturated heterocycles. The highest BCUT2D eigenvalue weighted by atomic mass is 16.5. The molecule has 5 rings (SSSR count). The lowest BCUT2D eigenvalue weighted by atomic mass is 9.89. The highest BCUT2D eigenvalue weighted by Gasteiger charge is 2.43. The molecule has 2 atom stereocenters. The zero-order chi connectivity index (χ0) is 20.3. The van der Waals surface area contributed by atoms with Gasteiger partial charge >= 0.3 is 12.1 Å². The minimum atomic E-state index is -1.24. The molecule has 1 aromatic carbocycles. The van der Waals surface area contributed by atoms with E-state index in [4.69, 9.17) is 9.47 Å². The molecule has 2 N–H and O–H groups in total. The van der Waals surface area contributed by atoms with Gasteiger partial charge in [0.15, 0.2) is 5.43 Å². The Morgan fingerprint density at radius 1 is 1.34 bits per heavy atom. The maximum absolute atomic E-state index is 12.4. The highest BCUT2D eigenvalue weighted by molar-refractivity contribution is 6.02. The number of carboxylic acid groups (broad SMARTS) is 1. The number of carboxylic acids is 1. The molecule has 1 aromatic heterocycles. The molecule has 0 unspecified atom stereocenters. The molecular weight excluding hydrogens is 376 g/mol. The lowest BCUT2D eigenvalue weighted by Crippen LogP contribution is -2.31. The van der Waals surface area contributed by atoms with Crippen molar-refractivity contribution in [3.8, 4) is 0 Å². The lowest BCUT2D eigenvalue weighted by molar-refractivity contribution is 0.0693. The SMILES string of the molecule is COC(=O)Nc1cccc2c1CC1=C2[C@H]2OCC[C@H]2n2cc(C(=O)O)c(=O)cc21. The molecular formula is C21H18N2O6. The fourth-order valence-electron chi connectivity index (χ4n) is 4.66. The second-order valence-electron chi connectivity index (χ2n) is 7.31. The van der Waals surface area contributed by atoms with Gasteiger partial charge in [0.05, 0.1) is 13.2 Å². The van der Waals surface area contributed by atoms with Gasteiger partial charge in [0.25, 0.3) is 0 Å². The third-order valence-corrected chi connectivity index (χ3v) is 5.89. The van der Waals surface area contributed by atoms with E-state index in [-0.39, 0.29) is 17.7 Å². The van der Waals surface area contributed by atoms with E-state index in [0.29, 0.717) is 24.4 Å². The number of allylic oxidation sites excluding steroid dienone is 1. The minimum absolute atomic E-state index is 0.0781. The van der Waals surface area contributed by atoms with Crippen molar-refractivity contribution in [3.05, 3.63) is 63.1 Å². The first-order valence-corrected chi connectivity index (χ1v) is 9.31. The van der Waals surface area contributed by atoms with Crippen LogP contribution >= 0.6 is 0 Å². The molecule has 0 spiro atoms. The summed E-state index contributed by atoms with van der Waals surface area (Å²) in [5.41, 5.74) is 4.45. The smallest absolute Gasteiger partial charge is 0.411 e. The largest absolute Gasteiger partial charge is 0.477 e. The van der Waals surface area contributed by atoms with Crippen molar-refractivity contribution >= 4 is 28.9 Å². The molecule has 2 aromatic rings. The zero-order valence-corrected chi connectivity index (χ0v) is 15.6. The number of benzene rings is 1. The maximum Gasteiger partial charge on any atom is 0.411 e. The van der Waals surface area contributed by atoms with Crippen LogP contribution < -0.4 is 10.7 Å². The number of nitrogens with zero attached hydrogens (tertiary/aromatic N) is 1. The predicted octanol–water partition coefficient (Wildman–Crippen LogP) is 2.54. The summed E-state index contributed by atoms with van der Waals surface area (Å²) in [6, 6.07) is 6.98. The summed E-state index contributed by atoms with van der Waals surface area (Å²) in [6.07, 6.45) is 1.89. The number of amides is 1. The quantitative estimate of drug-likeness (QED) is 0.811. The van der Waals surface area contributed by atoms with E-state index in [1.165, 1.54) is 19.4 Å². The summed E-state index contributed by atoms with van der Waals surface area (Å²) in [6.45, 7) is 0.551. The summed E-state index contributed by atoms with van der Waals surface area (Å²) >= 11 is 0. The van der Waals surface area contributed by atoms with Crippen LogP contribution in [0.5, 0.6) is 0 Å². The van der Waals surface area contributed by atoms with Crippen molar-refractivity contribution in [2.45, 2.75) is 25.0 Å². The first kappa shape index (κ1) is 17.7. The Morgan fingerprint density at radius 2 is 2.17 bits per heavy atom. The lowest BCUT2D eigenvalue weighted by Gasteiger charge is -2.32. The normalized spacial score (nSPS) is 21.1. The van der Waals surface area contributed by atoms with Crippen LogP contribution in [0.4, 0.5) is 10.5 Å². The molecule has 0 saturated carbocycles. The summed E-state index contributed by atoms with van der Waals surface area (Å²) in [5.74, 6) is -1.24. The Bertz CT molecular complexity index is 1160. The van der Waals surface area contributed by atoms with Gasteiger partial charge in [-0.05, 0) is 34.8 Å². The van der Waals surface area contributed by atoms with Gasteiger partial charge in [-0.3, -0.25) is 10.1 Å². The third kappa shape index (κ3) is 2.52. The molecule has 2 aliphatic heterocycles. The fourth-order valence-corrected chi connectivity index (χ4v) is 4.66. The number of rotatable bonds is 2. The molecule has 3 aliphatic rings. The number of ether oxygens (including phenoxy) is 2. The van der Waals surface area contributed by atoms with E-state index in [1.54, 1.807) is 0 Å². The van der Waals surface area contributed by atoms with Crippen LogP contribution in [0.15, 0.2) is 35.3 Å². The molecule has 0 bridgehead atoms. The summed E-state index contributed by atoms with van der Waals surface area (Å²) in [4.78, 5) is 35.6. The average molecular weight is 394 g/mol. The minimum Gasteiger partial charge on any atom is -0.477 e. The van der Waals surface area contributed by atoms with Crippen molar-refractivity contribution in [2.24, 2.45) is 0 Å². The molecule has 29 heavy (non-hydrogen) atoms. The third-order valence-electron chi connectivity index (χ3n) is 5.89. The number of hydrogen-bond acceptors (Lipinski definition) is 5. The summed E-state index contributed by atoms with van der Waals surface area (Å²) in [5, 5.41) is 12.1. The Kier molecular flexibility index (Phi) is 3.85. The van der Waals surface area contributed by atoms with E-state index in [1.807, 2.05) is 22.8 Å². The predicted molar refractivity (Wildman–Crippen MR) is 104 cm³/mol. The number of nitrogens with one attached hydrogen (secondary N) is 1. The molecule has 1 amide bonds. The Hall–Kier alpha value is -3.39. The van der Waals surface area contributed by atoms with Crippen LogP contribution in [-0.2, 0) is 15.9 Å². The number of pyridine rings is 1. The molecule has 3 heterocycles. The maximum atomic E-state index is 12.4. The number of carbonyl (C=O) groups is 2. The summed E-state index contributed by atoms with van der Waals surface area (Å²) in [7, 11) is 1.31. The molecule has 0 radical (unpaired) electrons. The number of hydrogen-bond donors (Lipinski definition) is 2. The number of aromatic carboxylic acids is 1. The van der Waals surface area contributed by atoms with Crippen LogP contribution in [0.1, 0.15) is 39.6 Å². The van der Waals surface area contributed by atoms with Gasteiger partial charge in [-0.15, -0.1) is 0 Å². The molecule has 8 nitrogen and oxygen atoms in total. The van der Waals surface area contributed by atoms with E-state index in [2.05, 4.69) is 5.32 Å². The van der Waals surface area contributed by atoms with E-state index >= 15 is 0 Å². The van der Waals surface area contributed by atoms with Gasteiger partial charge in [-0.1, -0.05) is 12.1 Å². The van der Waals surface area contributed by atoms with Gasteiger partial charge < -0.3 is 19.1 Å². The Balaban J connectivity index is 1.69. The summed E-state index contributed by atoms with van der Waals surface area (Å²) < 4.78 is 12.6. The van der Waals surface area contributed by atoms with Crippen molar-refractivity contribution < 1.29 is 24.2 Å². The molecule has 1 fully saturated rings. The standard InChI is InChI=1S/C21H18N2O6/c1-28-21(27)22-14-4-2-3-10-11(14)7-12-16-8-17(24)13(20(25)26)9-23(16)15-5-6-29-19(15)18(10)12/h2-4,8-9,15,19H,5-7H2,1H3,(H,22,27)(H,25,26)/t15-,19+/m1/s1. The first-order valence-electron chi connectivity index (χ1n) is 9.31. The van der Waals surface area contributed by atoms with Crippen molar-refractivity contribution in [2.75, 3.05) is 19.0 Å². The van der Waals surface area contributed by atoms with Crippen LogP contribution in [0.25, 0.3) is 11.1 Å². The van der Waals surface area contributed by atoms with E-state index < -0.39 is 17.5 Å². The van der Waals surface area contributed by atoms with Crippen LogP contribution in [0, 0.1) is 0 Å². The van der Waals surface area contributed by atoms with Gasteiger partial charge in [-0.2, -0.15) is 0 Å². The van der Waals surface area contributed by atoms with Crippen LogP contribution in [0.3, 0.4) is 0 Å². The van der Waals surface area contributed by atoms with Gasteiger partial charge in [0.1, 0.15) is 11.7 Å². The van der Waals surface area contributed by atoms with E-state index in [0.717, 1.165) is 28.7 Å². The topological polar surface area (TPSA) is 107 Å². The highest BCUT2D eigenvalue weighted by Crippen LogP contribution is 2.51. The van der Waals surface area contributed by atoms with Crippen molar-refractivity contribution in [1.82, 2.24) is 4.57 Å². The molecule has 1 aliphatic carbocycles. The van der Waals surface area contributed by atoms with Gasteiger partial charge in [0, 0.05) is 36.7 Å². The first-order chi connectivity index (χ1) is 14.0. The number of methoxy groups -OCH3 is 1. The second-order valence-corrected chi connectivity index (χ2v) is 7.31. The van der Waals surface area contributed by atoms with Crippen molar-refractivity contribution in [1.29, 1.82) is 0 Å². The van der Waals surface area contributed by atoms with Gasteiger partial charge in [0.2, 0.25) is 0 Å². The number of fused-ring (bicyclic) bond motifs is 7. The Labute approximate surface area is 165 Å². The van der Waals surface area contributed by atoms with Gasteiger partial charge in [-0.25, -0.2) is 9.59 Å². The zero-order valence-electron chi connectivity index (χ0n) is 15.6.